The fourth-order valence-corrected chi connectivity index (χ4v) is 1.44. The molecule has 1 atom stereocenters. The minimum Gasteiger partial charge on any atom is -0.373 e. The number of methoxy groups -OCH3 is 1. The summed E-state index contributed by atoms with van der Waals surface area (Å²) in [7, 11) is 1.69. The molecule has 0 radical (unpaired) electrons. The number of hydrogen-bond acceptors (Lipinski definition) is 4. The van der Waals surface area contributed by atoms with Crippen molar-refractivity contribution in [2.24, 2.45) is 5.73 Å². The van der Waals surface area contributed by atoms with Gasteiger partial charge in [0.1, 0.15) is 6.10 Å². The van der Waals surface area contributed by atoms with E-state index in [-0.39, 0.29) is 6.10 Å². The highest BCUT2D eigenvalue weighted by atomic mass is 16.5. The van der Waals surface area contributed by atoms with Crippen LogP contribution in [0.2, 0.25) is 0 Å². The molecule has 0 bridgehead atoms. The van der Waals surface area contributed by atoms with Gasteiger partial charge in [0.15, 0.2) is 5.82 Å². The summed E-state index contributed by atoms with van der Waals surface area (Å²) in [5, 5.41) is 0. The Morgan fingerprint density at radius 3 is 2.53 bits per heavy atom. The lowest BCUT2D eigenvalue weighted by Crippen LogP contribution is -2.08. The van der Waals surface area contributed by atoms with Crippen molar-refractivity contribution in [1.29, 1.82) is 0 Å². The normalized spacial score (nSPS) is 12.7. The Hall–Kier alpha value is -1.00. The molecule has 0 aliphatic rings. The van der Waals surface area contributed by atoms with Crippen LogP contribution in [0.5, 0.6) is 0 Å². The summed E-state index contributed by atoms with van der Waals surface area (Å²) in [6.07, 6.45) is 6.51. The highest BCUT2D eigenvalue weighted by Gasteiger charge is 2.11. The first-order valence-electron chi connectivity index (χ1n) is 5.35. The second kappa shape index (κ2) is 6.48. The summed E-state index contributed by atoms with van der Waals surface area (Å²) in [6.45, 7) is 2.75. The average Bonchev–Trinajstić information content (AvgIpc) is 2.28. The molecular formula is C11H19N3O. The Morgan fingerprint density at radius 1 is 1.40 bits per heavy atom. The first kappa shape index (κ1) is 12.1. The van der Waals surface area contributed by atoms with Crippen LogP contribution < -0.4 is 5.73 Å². The first-order chi connectivity index (χ1) is 7.31. The SMILES string of the molecule is CCCC(OC)c1ncc(CCN)cn1. The maximum absolute atomic E-state index is 5.45. The monoisotopic (exact) mass is 209 g/mol. The Kier molecular flexibility index (Phi) is 5.21. The smallest absolute Gasteiger partial charge is 0.157 e. The van der Waals surface area contributed by atoms with E-state index in [0.29, 0.717) is 6.54 Å². The molecule has 2 N–H and O–H groups in total. The zero-order valence-corrected chi connectivity index (χ0v) is 9.44. The van der Waals surface area contributed by atoms with Crippen LogP contribution in [-0.4, -0.2) is 23.6 Å². The van der Waals surface area contributed by atoms with Crippen molar-refractivity contribution in [2.75, 3.05) is 13.7 Å². The highest BCUT2D eigenvalue weighted by molar-refractivity contribution is 5.06. The molecular weight excluding hydrogens is 190 g/mol. The Bertz CT molecular complexity index is 274. The van der Waals surface area contributed by atoms with E-state index in [2.05, 4.69) is 16.9 Å². The van der Waals surface area contributed by atoms with Gasteiger partial charge in [0.25, 0.3) is 0 Å². The molecule has 1 rings (SSSR count). The number of ether oxygens (including phenoxy) is 1. The van der Waals surface area contributed by atoms with E-state index in [1.165, 1.54) is 0 Å². The minimum atomic E-state index is 0.0157. The summed E-state index contributed by atoms with van der Waals surface area (Å²) < 4.78 is 5.33. The predicted molar refractivity (Wildman–Crippen MR) is 59.4 cm³/mol. The lowest BCUT2D eigenvalue weighted by molar-refractivity contribution is 0.0875. The molecule has 0 saturated heterocycles. The number of rotatable bonds is 6. The molecule has 1 heterocycles. The third-order valence-electron chi connectivity index (χ3n) is 2.28. The lowest BCUT2D eigenvalue weighted by atomic mass is 10.2. The molecule has 1 aromatic heterocycles. The minimum absolute atomic E-state index is 0.0157. The third-order valence-corrected chi connectivity index (χ3v) is 2.28. The van der Waals surface area contributed by atoms with Gasteiger partial charge in [-0.1, -0.05) is 13.3 Å². The van der Waals surface area contributed by atoms with Gasteiger partial charge in [-0.3, -0.25) is 0 Å². The van der Waals surface area contributed by atoms with E-state index in [1.54, 1.807) is 7.11 Å². The van der Waals surface area contributed by atoms with Gasteiger partial charge in [0, 0.05) is 19.5 Å². The van der Waals surface area contributed by atoms with Crippen molar-refractivity contribution < 1.29 is 4.74 Å². The quantitative estimate of drug-likeness (QED) is 0.770. The van der Waals surface area contributed by atoms with Gasteiger partial charge in [-0.15, -0.1) is 0 Å². The van der Waals surface area contributed by atoms with E-state index in [9.17, 15) is 0 Å². The molecule has 0 aromatic carbocycles. The van der Waals surface area contributed by atoms with E-state index in [4.69, 9.17) is 10.5 Å². The molecule has 0 amide bonds. The summed E-state index contributed by atoms with van der Waals surface area (Å²) in [5.74, 6) is 0.764. The predicted octanol–water partition coefficient (Wildman–Crippen LogP) is 1.47. The van der Waals surface area contributed by atoms with Crippen LogP contribution in [-0.2, 0) is 11.2 Å². The van der Waals surface area contributed by atoms with E-state index in [1.807, 2.05) is 12.4 Å². The van der Waals surface area contributed by atoms with Crippen LogP contribution in [0, 0.1) is 0 Å². The van der Waals surface area contributed by atoms with Crippen LogP contribution in [0.1, 0.15) is 37.3 Å². The molecule has 0 fully saturated rings. The fourth-order valence-electron chi connectivity index (χ4n) is 1.44. The van der Waals surface area contributed by atoms with E-state index in [0.717, 1.165) is 30.7 Å². The van der Waals surface area contributed by atoms with Crippen molar-refractivity contribution in [3.05, 3.63) is 23.8 Å². The fraction of sp³-hybridized carbons (Fsp3) is 0.636. The van der Waals surface area contributed by atoms with Crippen LogP contribution >= 0.6 is 0 Å². The lowest BCUT2D eigenvalue weighted by Gasteiger charge is -2.12. The second-order valence-electron chi connectivity index (χ2n) is 3.50. The standard InChI is InChI=1S/C11H19N3O/c1-3-4-10(15-2)11-13-7-9(5-6-12)8-14-11/h7-8,10H,3-6,12H2,1-2H3. The van der Waals surface area contributed by atoms with Gasteiger partial charge in [-0.05, 0) is 24.9 Å². The summed E-state index contributed by atoms with van der Waals surface area (Å²) >= 11 is 0. The van der Waals surface area contributed by atoms with Crippen molar-refractivity contribution in [3.8, 4) is 0 Å². The number of hydrogen-bond donors (Lipinski definition) is 1. The van der Waals surface area contributed by atoms with Gasteiger partial charge < -0.3 is 10.5 Å². The molecule has 0 aliphatic heterocycles. The van der Waals surface area contributed by atoms with Crippen molar-refractivity contribution in [3.63, 3.8) is 0 Å². The number of nitrogens with zero attached hydrogens (tertiary/aromatic N) is 2. The van der Waals surface area contributed by atoms with Gasteiger partial charge >= 0.3 is 0 Å². The molecule has 4 heteroatoms. The van der Waals surface area contributed by atoms with Gasteiger partial charge in [-0.25, -0.2) is 9.97 Å². The number of aromatic nitrogens is 2. The first-order valence-corrected chi connectivity index (χ1v) is 5.35. The Balaban J connectivity index is 2.68. The van der Waals surface area contributed by atoms with Crippen LogP contribution in [0.15, 0.2) is 12.4 Å². The van der Waals surface area contributed by atoms with Gasteiger partial charge in [-0.2, -0.15) is 0 Å². The van der Waals surface area contributed by atoms with Crippen molar-refractivity contribution in [1.82, 2.24) is 9.97 Å². The molecule has 0 saturated carbocycles. The molecule has 1 aromatic rings. The van der Waals surface area contributed by atoms with E-state index < -0.39 is 0 Å². The van der Waals surface area contributed by atoms with Crippen LogP contribution in [0.4, 0.5) is 0 Å². The average molecular weight is 209 g/mol. The maximum atomic E-state index is 5.45. The zero-order valence-electron chi connectivity index (χ0n) is 9.44. The largest absolute Gasteiger partial charge is 0.373 e. The highest BCUT2D eigenvalue weighted by Crippen LogP contribution is 2.17. The zero-order chi connectivity index (χ0) is 11.1. The van der Waals surface area contributed by atoms with Gasteiger partial charge in [0.2, 0.25) is 0 Å². The topological polar surface area (TPSA) is 61.0 Å². The molecule has 0 aliphatic carbocycles. The molecule has 1 unspecified atom stereocenters. The van der Waals surface area contributed by atoms with Crippen molar-refractivity contribution in [2.45, 2.75) is 32.3 Å². The third kappa shape index (κ3) is 3.57. The summed E-state index contributed by atoms with van der Waals surface area (Å²) in [4.78, 5) is 8.59. The number of nitrogens with two attached hydrogens (primary N) is 1. The van der Waals surface area contributed by atoms with Crippen LogP contribution in [0.3, 0.4) is 0 Å². The summed E-state index contributed by atoms with van der Waals surface area (Å²) in [6, 6.07) is 0. The van der Waals surface area contributed by atoms with E-state index >= 15 is 0 Å². The maximum Gasteiger partial charge on any atom is 0.157 e. The molecule has 4 nitrogen and oxygen atoms in total. The van der Waals surface area contributed by atoms with Crippen molar-refractivity contribution >= 4 is 0 Å². The van der Waals surface area contributed by atoms with Crippen LogP contribution in [0.25, 0.3) is 0 Å². The molecule has 84 valence electrons. The Morgan fingerprint density at radius 2 is 2.07 bits per heavy atom. The van der Waals surface area contributed by atoms with Gasteiger partial charge in [0.05, 0.1) is 0 Å². The summed E-state index contributed by atoms with van der Waals surface area (Å²) in [5.41, 5.74) is 6.53. The molecule has 0 spiro atoms. The Labute approximate surface area is 90.9 Å². The second-order valence-corrected chi connectivity index (χ2v) is 3.50. The molecule has 15 heavy (non-hydrogen) atoms.